The maximum atomic E-state index is 11.8. The standard InChI is InChI=1S/C5H2F3N2O2/c6-5(7,8)2-1-9-4(12)10-3(2)11/h1H,(H,9,12). The van der Waals surface area contributed by atoms with Crippen LogP contribution in [-0.4, -0.2) is 18.1 Å². The van der Waals surface area contributed by atoms with Crippen LogP contribution in [0, 0.1) is 0 Å². The lowest BCUT2D eigenvalue weighted by atomic mass is 10.2. The molecule has 7 heteroatoms. The van der Waals surface area contributed by atoms with Gasteiger partial charge in [-0.15, -0.1) is 0 Å². The Balaban J connectivity index is 2.92. The number of alkyl halides is 3. The molecule has 0 spiro atoms. The average Bonchev–Trinajstić information content (AvgIpc) is 1.83. The minimum atomic E-state index is -4.77. The molecular weight excluding hydrogens is 177 g/mol. The van der Waals surface area contributed by atoms with E-state index >= 15 is 0 Å². The normalized spacial score (nSPS) is 18.1. The Hall–Kier alpha value is -1.53. The molecule has 0 bridgehead atoms. The Kier molecular flexibility index (Phi) is 1.79. The monoisotopic (exact) mass is 179 g/mol. The summed E-state index contributed by atoms with van der Waals surface area (Å²) in [6.45, 7) is 0. The van der Waals surface area contributed by atoms with E-state index in [4.69, 9.17) is 0 Å². The highest BCUT2D eigenvalue weighted by Gasteiger charge is 2.41. The van der Waals surface area contributed by atoms with Crippen LogP contribution in [0.5, 0.6) is 0 Å². The second kappa shape index (κ2) is 2.50. The molecule has 12 heavy (non-hydrogen) atoms. The molecule has 0 aliphatic carbocycles. The zero-order chi connectivity index (χ0) is 9.35. The molecule has 0 saturated heterocycles. The highest BCUT2D eigenvalue weighted by molar-refractivity contribution is 6.06. The van der Waals surface area contributed by atoms with Crippen LogP contribution in [0.2, 0.25) is 0 Å². The van der Waals surface area contributed by atoms with Gasteiger partial charge in [-0.2, -0.15) is 18.5 Å². The SMILES string of the molecule is O=C1[N]C(=O)C(C(F)(F)F)=CN1. The van der Waals surface area contributed by atoms with E-state index in [2.05, 4.69) is 5.32 Å². The molecule has 3 amide bonds. The van der Waals surface area contributed by atoms with E-state index in [0.29, 0.717) is 6.20 Å². The predicted octanol–water partition coefficient (Wildman–Crippen LogP) is 0.287. The molecule has 0 fully saturated rings. The summed E-state index contributed by atoms with van der Waals surface area (Å²) in [5.74, 6) is -1.56. The largest absolute Gasteiger partial charge is 0.423 e. The molecule has 0 saturated carbocycles. The minimum absolute atomic E-state index is 0.303. The fraction of sp³-hybridized carbons (Fsp3) is 0.200. The van der Waals surface area contributed by atoms with Crippen molar-refractivity contribution in [3.63, 3.8) is 0 Å². The van der Waals surface area contributed by atoms with Crippen LogP contribution in [0.25, 0.3) is 0 Å². The summed E-state index contributed by atoms with van der Waals surface area (Å²) in [5, 5.41) is 4.21. The predicted molar refractivity (Wildman–Crippen MR) is 29.8 cm³/mol. The summed E-state index contributed by atoms with van der Waals surface area (Å²) < 4.78 is 35.5. The van der Waals surface area contributed by atoms with Crippen molar-refractivity contribution in [1.82, 2.24) is 10.6 Å². The van der Waals surface area contributed by atoms with E-state index in [1.807, 2.05) is 0 Å². The Labute approximate surface area is 64.4 Å². The van der Waals surface area contributed by atoms with Crippen LogP contribution in [0.3, 0.4) is 0 Å². The molecular formula is C5H2F3N2O2. The van der Waals surface area contributed by atoms with Gasteiger partial charge < -0.3 is 5.32 Å². The molecule has 1 rings (SSSR count). The number of halogens is 3. The van der Waals surface area contributed by atoms with E-state index < -0.39 is 23.7 Å². The third kappa shape index (κ3) is 1.55. The van der Waals surface area contributed by atoms with Gasteiger partial charge in [0.15, 0.2) is 0 Å². The Morgan fingerprint density at radius 2 is 1.92 bits per heavy atom. The van der Waals surface area contributed by atoms with Gasteiger partial charge in [0, 0.05) is 6.20 Å². The molecule has 1 aliphatic rings. The number of carbonyl (C=O) groups is 2. The third-order valence-corrected chi connectivity index (χ3v) is 1.08. The van der Waals surface area contributed by atoms with Gasteiger partial charge in [-0.05, 0) is 0 Å². The van der Waals surface area contributed by atoms with E-state index in [1.54, 1.807) is 5.32 Å². The molecule has 1 N–H and O–H groups in total. The first-order chi connectivity index (χ1) is 5.41. The number of rotatable bonds is 0. The van der Waals surface area contributed by atoms with Crippen molar-refractivity contribution < 1.29 is 22.8 Å². The van der Waals surface area contributed by atoms with Crippen LogP contribution in [0.15, 0.2) is 11.8 Å². The second-order valence-electron chi connectivity index (χ2n) is 1.92. The molecule has 0 aromatic rings. The fourth-order valence-electron chi connectivity index (χ4n) is 0.583. The topological polar surface area (TPSA) is 60.3 Å². The van der Waals surface area contributed by atoms with Crippen LogP contribution in [0.1, 0.15) is 0 Å². The third-order valence-electron chi connectivity index (χ3n) is 1.08. The number of imide groups is 1. The van der Waals surface area contributed by atoms with Gasteiger partial charge >= 0.3 is 12.2 Å². The quantitative estimate of drug-likeness (QED) is 0.580. The lowest BCUT2D eigenvalue weighted by Crippen LogP contribution is -2.41. The van der Waals surface area contributed by atoms with Crippen molar-refractivity contribution in [2.75, 3.05) is 0 Å². The molecule has 1 aliphatic heterocycles. The van der Waals surface area contributed by atoms with Gasteiger partial charge in [0.25, 0.3) is 5.91 Å². The molecule has 1 radical (unpaired) electrons. The number of hydrogen-bond acceptors (Lipinski definition) is 2. The first kappa shape index (κ1) is 8.57. The molecule has 1 heterocycles. The van der Waals surface area contributed by atoms with E-state index in [9.17, 15) is 22.8 Å². The van der Waals surface area contributed by atoms with Gasteiger partial charge in [0.2, 0.25) is 0 Å². The van der Waals surface area contributed by atoms with Gasteiger partial charge in [0.05, 0.1) is 0 Å². The average molecular weight is 179 g/mol. The lowest BCUT2D eigenvalue weighted by molar-refractivity contribution is -0.130. The van der Waals surface area contributed by atoms with Crippen LogP contribution < -0.4 is 10.6 Å². The van der Waals surface area contributed by atoms with Crippen molar-refractivity contribution in [3.8, 4) is 0 Å². The summed E-state index contributed by atoms with van der Waals surface area (Å²) in [6.07, 6.45) is -4.47. The first-order valence-corrected chi connectivity index (χ1v) is 2.75. The van der Waals surface area contributed by atoms with Crippen LogP contribution in [-0.2, 0) is 4.79 Å². The molecule has 0 aromatic heterocycles. The van der Waals surface area contributed by atoms with Crippen molar-refractivity contribution in [2.24, 2.45) is 0 Å². The van der Waals surface area contributed by atoms with Crippen molar-refractivity contribution in [2.45, 2.75) is 6.18 Å². The Morgan fingerprint density at radius 1 is 1.33 bits per heavy atom. The van der Waals surface area contributed by atoms with Crippen molar-refractivity contribution in [3.05, 3.63) is 11.8 Å². The first-order valence-electron chi connectivity index (χ1n) is 2.75. The van der Waals surface area contributed by atoms with E-state index in [0.717, 1.165) is 0 Å². The zero-order valence-electron chi connectivity index (χ0n) is 5.47. The number of hydrogen-bond donors (Lipinski definition) is 1. The molecule has 0 aromatic carbocycles. The number of nitrogens with one attached hydrogen (secondary N) is 1. The van der Waals surface area contributed by atoms with Gasteiger partial charge in [-0.1, -0.05) is 0 Å². The van der Waals surface area contributed by atoms with E-state index in [-0.39, 0.29) is 0 Å². The molecule has 0 atom stereocenters. The van der Waals surface area contributed by atoms with Gasteiger partial charge in [-0.3, -0.25) is 4.79 Å². The Morgan fingerprint density at radius 3 is 2.33 bits per heavy atom. The summed E-state index contributed by atoms with van der Waals surface area (Å²) in [5.41, 5.74) is -1.47. The Bertz CT molecular complexity index is 268. The molecule has 65 valence electrons. The van der Waals surface area contributed by atoms with Crippen LogP contribution in [0.4, 0.5) is 18.0 Å². The summed E-state index contributed by atoms with van der Waals surface area (Å²) in [6, 6.07) is -1.09. The number of amides is 3. The van der Waals surface area contributed by atoms with Gasteiger partial charge in [-0.25, -0.2) is 4.79 Å². The highest BCUT2D eigenvalue weighted by Crippen LogP contribution is 2.26. The lowest BCUT2D eigenvalue weighted by Gasteiger charge is -2.13. The highest BCUT2D eigenvalue weighted by atomic mass is 19.4. The minimum Gasteiger partial charge on any atom is -0.312 e. The van der Waals surface area contributed by atoms with Crippen molar-refractivity contribution in [1.29, 1.82) is 0 Å². The zero-order valence-corrected chi connectivity index (χ0v) is 5.47. The summed E-state index contributed by atoms with van der Waals surface area (Å²) in [4.78, 5) is 20.7. The smallest absolute Gasteiger partial charge is 0.312 e. The molecule has 0 unspecified atom stereocenters. The summed E-state index contributed by atoms with van der Waals surface area (Å²) in [7, 11) is 0. The summed E-state index contributed by atoms with van der Waals surface area (Å²) >= 11 is 0. The van der Waals surface area contributed by atoms with E-state index in [1.165, 1.54) is 0 Å². The fourth-order valence-corrected chi connectivity index (χ4v) is 0.583. The maximum Gasteiger partial charge on any atom is 0.423 e. The van der Waals surface area contributed by atoms with Crippen LogP contribution >= 0.6 is 0 Å². The van der Waals surface area contributed by atoms with Gasteiger partial charge in [0.1, 0.15) is 5.57 Å². The second-order valence-corrected chi connectivity index (χ2v) is 1.92. The maximum absolute atomic E-state index is 11.8. The number of urea groups is 1. The number of carbonyl (C=O) groups excluding carboxylic acids is 2. The molecule has 4 nitrogen and oxygen atoms in total. The number of nitrogens with zero attached hydrogens (tertiary/aromatic N) is 1. The van der Waals surface area contributed by atoms with Crippen molar-refractivity contribution >= 4 is 11.9 Å².